The predicted octanol–water partition coefficient (Wildman–Crippen LogP) is 2.62. The molecule has 2 aliphatic heterocycles. The Labute approximate surface area is 183 Å². The summed E-state index contributed by atoms with van der Waals surface area (Å²) in [6.07, 6.45) is 1.29. The molecule has 0 spiro atoms. The van der Waals surface area contributed by atoms with E-state index >= 15 is 0 Å². The molecule has 1 atom stereocenters. The molecular weight excluding hydrogens is 392 g/mol. The van der Waals surface area contributed by atoms with Crippen molar-refractivity contribution in [3.63, 3.8) is 0 Å². The third-order valence-corrected chi connectivity index (χ3v) is 6.33. The first kappa shape index (κ1) is 21.5. The molecule has 0 saturated carbocycles. The zero-order chi connectivity index (χ0) is 21.7. The number of amides is 2. The van der Waals surface area contributed by atoms with Gasteiger partial charge in [-0.15, -0.1) is 0 Å². The molecule has 6 nitrogen and oxygen atoms in total. The number of ether oxygens (including phenoxy) is 2. The average Bonchev–Trinajstić information content (AvgIpc) is 3.26. The molecular formula is C25H30N2O4. The largest absolute Gasteiger partial charge is 0.378 e. The van der Waals surface area contributed by atoms with Gasteiger partial charge in [0.05, 0.1) is 18.6 Å². The summed E-state index contributed by atoms with van der Waals surface area (Å²) < 4.78 is 10.5. The highest BCUT2D eigenvalue weighted by Crippen LogP contribution is 2.37. The zero-order valence-corrected chi connectivity index (χ0v) is 18.1. The standard InChI is InChI=1S/C25H30N2O4/c1-30-18-23(28)27-12-11-25(19-27,24(29)26-13-15-31-16-14-26)17-20-7-9-22(10-8-20)21-5-3-2-4-6-21/h2-10H,11-19H2,1H3. The maximum atomic E-state index is 13.6. The van der Waals surface area contributed by atoms with Gasteiger partial charge < -0.3 is 19.3 Å². The van der Waals surface area contributed by atoms with Crippen LogP contribution in [-0.2, 0) is 25.5 Å². The molecule has 4 rings (SSSR count). The van der Waals surface area contributed by atoms with Gasteiger partial charge in [0, 0.05) is 33.3 Å². The molecule has 164 valence electrons. The highest BCUT2D eigenvalue weighted by Gasteiger charge is 2.47. The van der Waals surface area contributed by atoms with E-state index in [1.165, 1.54) is 12.7 Å². The first-order chi connectivity index (χ1) is 15.1. The Bertz CT molecular complexity index is 893. The second-order valence-electron chi connectivity index (χ2n) is 8.42. The smallest absolute Gasteiger partial charge is 0.248 e. The molecule has 2 amide bonds. The minimum absolute atomic E-state index is 0.0492. The van der Waals surface area contributed by atoms with Gasteiger partial charge in [0.25, 0.3) is 0 Å². The van der Waals surface area contributed by atoms with Crippen LogP contribution >= 0.6 is 0 Å². The van der Waals surface area contributed by atoms with Crippen molar-refractivity contribution >= 4 is 11.8 Å². The van der Waals surface area contributed by atoms with E-state index < -0.39 is 5.41 Å². The van der Waals surface area contributed by atoms with Gasteiger partial charge in [0.15, 0.2) is 0 Å². The lowest BCUT2D eigenvalue weighted by atomic mass is 9.79. The molecule has 2 heterocycles. The van der Waals surface area contributed by atoms with Gasteiger partial charge in [-0.2, -0.15) is 0 Å². The molecule has 0 bridgehead atoms. The third kappa shape index (κ3) is 4.81. The molecule has 0 aliphatic carbocycles. The van der Waals surface area contributed by atoms with Crippen molar-refractivity contribution in [2.24, 2.45) is 5.41 Å². The Morgan fingerprint density at radius 2 is 1.61 bits per heavy atom. The van der Waals surface area contributed by atoms with Gasteiger partial charge in [-0.3, -0.25) is 9.59 Å². The van der Waals surface area contributed by atoms with Crippen molar-refractivity contribution in [1.82, 2.24) is 9.80 Å². The number of rotatable bonds is 6. The minimum atomic E-state index is -0.602. The van der Waals surface area contributed by atoms with E-state index in [9.17, 15) is 9.59 Å². The van der Waals surface area contributed by atoms with Crippen LogP contribution < -0.4 is 0 Å². The molecule has 1 unspecified atom stereocenters. The third-order valence-electron chi connectivity index (χ3n) is 6.33. The summed E-state index contributed by atoms with van der Waals surface area (Å²) in [6, 6.07) is 18.7. The molecule has 2 aromatic carbocycles. The molecule has 0 radical (unpaired) electrons. The van der Waals surface area contributed by atoms with Gasteiger partial charge in [0.1, 0.15) is 6.61 Å². The number of likely N-dealkylation sites (tertiary alicyclic amines) is 1. The first-order valence-corrected chi connectivity index (χ1v) is 10.9. The molecule has 2 aromatic rings. The van der Waals surface area contributed by atoms with Crippen LogP contribution in [-0.4, -0.2) is 74.7 Å². The number of hydrogen-bond donors (Lipinski definition) is 0. The van der Waals surface area contributed by atoms with Crippen LogP contribution in [0.4, 0.5) is 0 Å². The molecule has 2 fully saturated rings. The van der Waals surface area contributed by atoms with E-state index in [1.54, 1.807) is 4.90 Å². The van der Waals surface area contributed by atoms with E-state index in [-0.39, 0.29) is 18.4 Å². The lowest BCUT2D eigenvalue weighted by molar-refractivity contribution is -0.146. The summed E-state index contributed by atoms with van der Waals surface area (Å²) in [6.45, 7) is 3.43. The van der Waals surface area contributed by atoms with E-state index in [0.717, 1.165) is 11.1 Å². The molecule has 6 heteroatoms. The Kier molecular flexibility index (Phi) is 6.68. The molecule has 31 heavy (non-hydrogen) atoms. The first-order valence-electron chi connectivity index (χ1n) is 10.9. The Morgan fingerprint density at radius 3 is 2.29 bits per heavy atom. The van der Waals surface area contributed by atoms with E-state index in [0.29, 0.717) is 52.2 Å². The number of morpholine rings is 1. The number of nitrogens with zero attached hydrogens (tertiary/aromatic N) is 2. The summed E-state index contributed by atoms with van der Waals surface area (Å²) in [5.41, 5.74) is 2.84. The van der Waals surface area contributed by atoms with Gasteiger partial charge in [-0.25, -0.2) is 0 Å². The van der Waals surface area contributed by atoms with Crippen molar-refractivity contribution in [2.45, 2.75) is 12.8 Å². The SMILES string of the molecule is COCC(=O)N1CCC(Cc2ccc(-c3ccccc3)cc2)(C(=O)N2CCOCC2)C1. The zero-order valence-electron chi connectivity index (χ0n) is 18.1. The van der Waals surface area contributed by atoms with Crippen LogP contribution in [0.5, 0.6) is 0 Å². The monoisotopic (exact) mass is 422 g/mol. The van der Waals surface area contributed by atoms with Crippen molar-refractivity contribution < 1.29 is 19.1 Å². The second-order valence-corrected chi connectivity index (χ2v) is 8.42. The summed E-state index contributed by atoms with van der Waals surface area (Å²) in [7, 11) is 1.52. The van der Waals surface area contributed by atoms with Crippen molar-refractivity contribution in [2.75, 3.05) is 53.1 Å². The van der Waals surface area contributed by atoms with Crippen LogP contribution in [0.2, 0.25) is 0 Å². The summed E-state index contributed by atoms with van der Waals surface area (Å²) in [5, 5.41) is 0. The molecule has 2 aliphatic rings. The number of carbonyl (C=O) groups is 2. The van der Waals surface area contributed by atoms with E-state index in [1.807, 2.05) is 23.1 Å². The molecule has 0 N–H and O–H groups in total. The quantitative estimate of drug-likeness (QED) is 0.718. The Hall–Kier alpha value is -2.70. The fourth-order valence-electron chi connectivity index (χ4n) is 4.63. The Balaban J connectivity index is 1.56. The van der Waals surface area contributed by atoms with Crippen molar-refractivity contribution in [1.29, 1.82) is 0 Å². The van der Waals surface area contributed by atoms with Crippen LogP contribution in [0.25, 0.3) is 11.1 Å². The van der Waals surface area contributed by atoms with E-state index in [4.69, 9.17) is 9.47 Å². The molecule has 0 aromatic heterocycles. The van der Waals surface area contributed by atoms with Crippen LogP contribution in [0.15, 0.2) is 54.6 Å². The fourth-order valence-corrected chi connectivity index (χ4v) is 4.63. The van der Waals surface area contributed by atoms with Gasteiger partial charge in [-0.05, 0) is 29.5 Å². The lowest BCUT2D eigenvalue weighted by Gasteiger charge is -2.36. The number of carbonyl (C=O) groups excluding carboxylic acids is 2. The topological polar surface area (TPSA) is 59.1 Å². The summed E-state index contributed by atoms with van der Waals surface area (Å²) >= 11 is 0. The number of methoxy groups -OCH3 is 1. The minimum Gasteiger partial charge on any atom is -0.378 e. The predicted molar refractivity (Wildman–Crippen MR) is 118 cm³/mol. The van der Waals surface area contributed by atoms with Crippen LogP contribution in [0.3, 0.4) is 0 Å². The van der Waals surface area contributed by atoms with Crippen molar-refractivity contribution in [3.8, 4) is 11.1 Å². The highest BCUT2D eigenvalue weighted by atomic mass is 16.5. The maximum Gasteiger partial charge on any atom is 0.248 e. The molecule has 2 saturated heterocycles. The van der Waals surface area contributed by atoms with E-state index in [2.05, 4.69) is 36.4 Å². The second kappa shape index (κ2) is 9.62. The van der Waals surface area contributed by atoms with Gasteiger partial charge in [0.2, 0.25) is 11.8 Å². The Morgan fingerprint density at radius 1 is 0.935 bits per heavy atom. The van der Waals surface area contributed by atoms with Crippen molar-refractivity contribution in [3.05, 3.63) is 60.2 Å². The van der Waals surface area contributed by atoms with Gasteiger partial charge >= 0.3 is 0 Å². The normalized spacial score (nSPS) is 21.3. The number of benzene rings is 2. The maximum absolute atomic E-state index is 13.6. The van der Waals surface area contributed by atoms with Crippen LogP contribution in [0, 0.1) is 5.41 Å². The number of hydrogen-bond acceptors (Lipinski definition) is 4. The lowest BCUT2D eigenvalue weighted by Crippen LogP contribution is -2.51. The van der Waals surface area contributed by atoms with Crippen LogP contribution in [0.1, 0.15) is 12.0 Å². The average molecular weight is 423 g/mol. The highest BCUT2D eigenvalue weighted by molar-refractivity contribution is 5.86. The fraction of sp³-hybridized carbons (Fsp3) is 0.440. The summed E-state index contributed by atoms with van der Waals surface area (Å²) in [5.74, 6) is 0.0780. The van der Waals surface area contributed by atoms with Gasteiger partial charge in [-0.1, -0.05) is 54.6 Å². The summed E-state index contributed by atoms with van der Waals surface area (Å²) in [4.78, 5) is 29.8.